The van der Waals surface area contributed by atoms with Gasteiger partial charge in [0.05, 0.1) is 5.92 Å². The van der Waals surface area contributed by atoms with Crippen LogP contribution in [0.2, 0.25) is 0 Å². The highest BCUT2D eigenvalue weighted by molar-refractivity contribution is 7.80. The number of carbonyl (C=O) groups excluding carboxylic acids is 1. The third-order valence-electron chi connectivity index (χ3n) is 4.62. The van der Waals surface area contributed by atoms with Crippen LogP contribution in [-0.2, 0) is 11.2 Å². The molecule has 0 heterocycles. The third kappa shape index (κ3) is 5.55. The molecule has 0 radical (unpaired) electrons. The summed E-state index contributed by atoms with van der Waals surface area (Å²) in [6, 6.07) is 27.4. The molecule has 3 heteroatoms. The fraction of sp³-hybridized carbons (Fsp3) is 0.269. The molecule has 0 fully saturated rings. The van der Waals surface area contributed by atoms with Crippen molar-refractivity contribution in [2.45, 2.75) is 34.1 Å². The molecule has 150 valence electrons. The maximum atomic E-state index is 12.5. The largest absolute Gasteiger partial charge is 0.426 e. The van der Waals surface area contributed by atoms with Crippen LogP contribution in [0.25, 0.3) is 0 Å². The Morgan fingerprint density at radius 2 is 1.38 bits per heavy atom. The van der Waals surface area contributed by atoms with E-state index in [4.69, 9.17) is 4.74 Å². The third-order valence-corrected chi connectivity index (χ3v) is 7.10. The predicted molar refractivity (Wildman–Crippen MR) is 124 cm³/mol. The number of hydrogen-bond acceptors (Lipinski definition) is 2. The standard InChI is InChI=1S/C26H29O2P/c1-19(2)17-21-15-16-25(24(18-21)28-26(27)20(3)4)29(22-11-7-5-8-12-22)23-13-9-6-10-14-23/h5-16,18-20H,17H2,1-4H3. The zero-order valence-corrected chi connectivity index (χ0v) is 18.5. The van der Waals surface area contributed by atoms with Crippen molar-refractivity contribution in [3.63, 3.8) is 0 Å². The van der Waals surface area contributed by atoms with Crippen molar-refractivity contribution in [1.29, 1.82) is 0 Å². The molecule has 3 aromatic rings. The van der Waals surface area contributed by atoms with Gasteiger partial charge in [0, 0.05) is 5.30 Å². The van der Waals surface area contributed by atoms with Crippen molar-refractivity contribution in [3.8, 4) is 5.75 Å². The summed E-state index contributed by atoms with van der Waals surface area (Å²) in [5.74, 6) is 0.875. The SMILES string of the molecule is CC(C)Cc1ccc(P(c2ccccc2)c2ccccc2)c(OC(=O)C(C)C)c1. The summed E-state index contributed by atoms with van der Waals surface area (Å²) in [4.78, 5) is 12.5. The number of ether oxygens (including phenoxy) is 1. The summed E-state index contributed by atoms with van der Waals surface area (Å²) < 4.78 is 5.93. The van der Waals surface area contributed by atoms with Crippen LogP contribution in [0.4, 0.5) is 0 Å². The first-order valence-corrected chi connectivity index (χ1v) is 11.5. The van der Waals surface area contributed by atoms with E-state index in [1.807, 2.05) is 26.0 Å². The Bertz CT molecular complexity index is 894. The van der Waals surface area contributed by atoms with Crippen LogP contribution in [-0.4, -0.2) is 5.97 Å². The summed E-state index contributed by atoms with van der Waals surface area (Å²) >= 11 is 0. The molecular weight excluding hydrogens is 375 g/mol. The Balaban J connectivity index is 2.14. The van der Waals surface area contributed by atoms with Crippen molar-refractivity contribution < 1.29 is 9.53 Å². The summed E-state index contributed by atoms with van der Waals surface area (Å²) in [5, 5.41) is 3.57. The summed E-state index contributed by atoms with van der Waals surface area (Å²) in [7, 11) is -0.827. The lowest BCUT2D eigenvalue weighted by Gasteiger charge is -2.23. The maximum Gasteiger partial charge on any atom is 0.313 e. The van der Waals surface area contributed by atoms with Crippen molar-refractivity contribution in [2.75, 3.05) is 0 Å². The van der Waals surface area contributed by atoms with Crippen LogP contribution < -0.4 is 20.7 Å². The van der Waals surface area contributed by atoms with Gasteiger partial charge in [-0.1, -0.05) is 94.4 Å². The van der Waals surface area contributed by atoms with Crippen LogP contribution in [0.3, 0.4) is 0 Å². The van der Waals surface area contributed by atoms with Gasteiger partial charge in [-0.2, -0.15) is 0 Å². The van der Waals surface area contributed by atoms with E-state index in [0.717, 1.165) is 11.7 Å². The normalized spacial score (nSPS) is 11.3. The Labute approximate surface area is 175 Å². The molecule has 2 nitrogen and oxygen atoms in total. The van der Waals surface area contributed by atoms with Crippen molar-refractivity contribution in [1.82, 2.24) is 0 Å². The molecule has 0 saturated heterocycles. The second-order valence-corrected chi connectivity index (χ2v) is 10.2. The average molecular weight is 404 g/mol. The first kappa shape index (κ1) is 21.3. The molecule has 0 atom stereocenters. The van der Waals surface area contributed by atoms with Crippen molar-refractivity contribution in [3.05, 3.63) is 84.4 Å². The van der Waals surface area contributed by atoms with Crippen molar-refractivity contribution >= 4 is 29.8 Å². The lowest BCUT2D eigenvalue weighted by molar-refractivity contribution is -0.137. The smallest absolute Gasteiger partial charge is 0.313 e. The number of esters is 1. The predicted octanol–water partition coefficient (Wildman–Crippen LogP) is 5.20. The van der Waals surface area contributed by atoms with E-state index in [9.17, 15) is 4.79 Å². The van der Waals surface area contributed by atoms with E-state index < -0.39 is 7.92 Å². The van der Waals surface area contributed by atoms with Gasteiger partial charge in [-0.05, 0) is 48.6 Å². The van der Waals surface area contributed by atoms with Gasteiger partial charge < -0.3 is 4.74 Å². The molecule has 0 aromatic heterocycles. The van der Waals surface area contributed by atoms with E-state index in [-0.39, 0.29) is 11.9 Å². The topological polar surface area (TPSA) is 26.3 Å². The number of benzene rings is 3. The second-order valence-electron chi connectivity index (χ2n) is 7.98. The molecule has 3 aromatic carbocycles. The van der Waals surface area contributed by atoms with Crippen LogP contribution in [0.1, 0.15) is 33.3 Å². The number of hydrogen-bond donors (Lipinski definition) is 0. The molecule has 0 N–H and O–H groups in total. The fourth-order valence-corrected chi connectivity index (χ4v) is 5.58. The quantitative estimate of drug-likeness (QED) is 0.307. The van der Waals surface area contributed by atoms with E-state index in [0.29, 0.717) is 11.7 Å². The Kier molecular flexibility index (Phi) is 7.23. The van der Waals surface area contributed by atoms with Gasteiger partial charge >= 0.3 is 5.97 Å². The van der Waals surface area contributed by atoms with Gasteiger partial charge in [0.2, 0.25) is 0 Å². The highest BCUT2D eigenvalue weighted by atomic mass is 31.1. The summed E-state index contributed by atoms with van der Waals surface area (Å²) in [6.07, 6.45) is 0.959. The lowest BCUT2D eigenvalue weighted by Crippen LogP contribution is -2.25. The van der Waals surface area contributed by atoms with Gasteiger partial charge in [-0.3, -0.25) is 4.79 Å². The molecule has 0 aliphatic rings. The van der Waals surface area contributed by atoms with Crippen molar-refractivity contribution in [2.24, 2.45) is 11.8 Å². The monoisotopic (exact) mass is 404 g/mol. The van der Waals surface area contributed by atoms with Crippen LogP contribution in [0, 0.1) is 11.8 Å². The van der Waals surface area contributed by atoms with Gasteiger partial charge in [0.1, 0.15) is 5.75 Å². The molecule has 29 heavy (non-hydrogen) atoms. The van der Waals surface area contributed by atoms with E-state index in [1.54, 1.807) is 0 Å². The molecule has 0 aliphatic carbocycles. The van der Waals surface area contributed by atoms with Crippen LogP contribution in [0.5, 0.6) is 5.75 Å². The van der Waals surface area contributed by atoms with E-state index in [2.05, 4.69) is 80.6 Å². The average Bonchev–Trinajstić information content (AvgIpc) is 2.71. The molecule has 0 spiro atoms. The van der Waals surface area contributed by atoms with E-state index >= 15 is 0 Å². The molecule has 3 rings (SSSR count). The molecular formula is C26H29O2P. The minimum atomic E-state index is -0.827. The minimum absolute atomic E-state index is 0.170. The Morgan fingerprint density at radius 3 is 1.86 bits per heavy atom. The highest BCUT2D eigenvalue weighted by Gasteiger charge is 2.23. The van der Waals surface area contributed by atoms with Gasteiger partial charge in [-0.15, -0.1) is 0 Å². The fourth-order valence-electron chi connectivity index (χ4n) is 3.23. The Morgan fingerprint density at radius 1 is 0.828 bits per heavy atom. The zero-order valence-electron chi connectivity index (χ0n) is 17.6. The minimum Gasteiger partial charge on any atom is -0.426 e. The zero-order chi connectivity index (χ0) is 20.8. The molecule has 0 aliphatic heterocycles. The first-order chi connectivity index (χ1) is 14.0. The van der Waals surface area contributed by atoms with E-state index in [1.165, 1.54) is 16.2 Å². The molecule has 0 saturated carbocycles. The second kappa shape index (κ2) is 9.85. The van der Waals surface area contributed by atoms with Gasteiger partial charge in [0.15, 0.2) is 0 Å². The van der Waals surface area contributed by atoms with Crippen LogP contribution >= 0.6 is 7.92 Å². The van der Waals surface area contributed by atoms with Crippen LogP contribution in [0.15, 0.2) is 78.9 Å². The van der Waals surface area contributed by atoms with Gasteiger partial charge in [-0.25, -0.2) is 0 Å². The first-order valence-electron chi connectivity index (χ1n) is 10.2. The highest BCUT2D eigenvalue weighted by Crippen LogP contribution is 2.37. The van der Waals surface area contributed by atoms with Gasteiger partial charge in [0.25, 0.3) is 0 Å². The summed E-state index contributed by atoms with van der Waals surface area (Å²) in [5.41, 5.74) is 1.20. The molecule has 0 bridgehead atoms. The molecule has 0 unspecified atom stereocenters. The maximum absolute atomic E-state index is 12.5. The lowest BCUT2D eigenvalue weighted by atomic mass is 10.0. The number of carbonyl (C=O) groups is 1. The molecule has 0 amide bonds. The Hall–Kier alpha value is -2.44. The summed E-state index contributed by atoms with van der Waals surface area (Å²) in [6.45, 7) is 8.15. The number of rotatable bonds is 7.